The molecule has 2 rings (SSSR count). The molecule has 74 valence electrons. The van der Waals surface area contributed by atoms with Gasteiger partial charge in [-0.1, -0.05) is 13.3 Å². The lowest BCUT2D eigenvalue weighted by Crippen LogP contribution is -2.11. The van der Waals surface area contributed by atoms with Gasteiger partial charge in [-0.25, -0.2) is 0 Å². The monoisotopic (exact) mass is 180 g/mol. The van der Waals surface area contributed by atoms with Crippen LogP contribution in [0.4, 0.5) is 0 Å². The standard InChI is InChI=1S/C12H20O/c1-2-9-5-6-11(7-9)12(13)8-10-3-4-10/h9-11H,2-8H2,1H3. The first-order valence-electron chi connectivity index (χ1n) is 5.82. The molecule has 0 aliphatic heterocycles. The molecule has 2 saturated carbocycles. The molecule has 0 spiro atoms. The molecule has 0 aromatic rings. The van der Waals surface area contributed by atoms with E-state index in [1.165, 1.54) is 38.5 Å². The van der Waals surface area contributed by atoms with Crippen molar-refractivity contribution in [1.82, 2.24) is 0 Å². The minimum absolute atomic E-state index is 0.450. The Morgan fingerprint density at radius 3 is 2.38 bits per heavy atom. The summed E-state index contributed by atoms with van der Waals surface area (Å²) in [6, 6.07) is 0. The molecular formula is C12H20O. The number of carbonyl (C=O) groups excluding carboxylic acids is 1. The van der Waals surface area contributed by atoms with E-state index in [1.807, 2.05) is 0 Å². The smallest absolute Gasteiger partial charge is 0.136 e. The van der Waals surface area contributed by atoms with Gasteiger partial charge in [0.25, 0.3) is 0 Å². The fourth-order valence-corrected chi connectivity index (χ4v) is 2.51. The zero-order chi connectivity index (χ0) is 9.26. The summed E-state index contributed by atoms with van der Waals surface area (Å²) in [4.78, 5) is 11.8. The highest BCUT2D eigenvalue weighted by atomic mass is 16.1. The zero-order valence-corrected chi connectivity index (χ0v) is 8.59. The average Bonchev–Trinajstić information content (AvgIpc) is 2.82. The summed E-state index contributed by atoms with van der Waals surface area (Å²) in [6.45, 7) is 2.25. The number of ketones is 1. The summed E-state index contributed by atoms with van der Waals surface area (Å²) in [5.41, 5.74) is 0. The van der Waals surface area contributed by atoms with E-state index in [9.17, 15) is 4.79 Å². The van der Waals surface area contributed by atoms with Gasteiger partial charge in [0, 0.05) is 12.3 Å². The Hall–Kier alpha value is -0.330. The van der Waals surface area contributed by atoms with Crippen LogP contribution in [-0.4, -0.2) is 5.78 Å². The molecule has 0 N–H and O–H groups in total. The summed E-state index contributed by atoms with van der Waals surface area (Å²) in [5, 5.41) is 0. The van der Waals surface area contributed by atoms with Gasteiger partial charge in [-0.05, 0) is 43.9 Å². The zero-order valence-electron chi connectivity index (χ0n) is 8.59. The minimum atomic E-state index is 0.450. The van der Waals surface area contributed by atoms with Gasteiger partial charge >= 0.3 is 0 Å². The lowest BCUT2D eigenvalue weighted by Gasteiger charge is -2.08. The number of rotatable bonds is 4. The van der Waals surface area contributed by atoms with Crippen molar-refractivity contribution >= 4 is 5.78 Å². The van der Waals surface area contributed by atoms with Crippen LogP contribution in [0.1, 0.15) is 51.9 Å². The van der Waals surface area contributed by atoms with Crippen LogP contribution in [-0.2, 0) is 4.79 Å². The maximum absolute atomic E-state index is 11.8. The molecule has 2 fully saturated rings. The van der Waals surface area contributed by atoms with E-state index in [0.717, 1.165) is 18.3 Å². The SMILES string of the molecule is CCC1CCC(C(=O)CC2CC2)C1. The lowest BCUT2D eigenvalue weighted by atomic mass is 9.96. The summed E-state index contributed by atoms with van der Waals surface area (Å²) in [5.74, 6) is 2.67. The van der Waals surface area contributed by atoms with Gasteiger partial charge in [0.15, 0.2) is 0 Å². The average molecular weight is 180 g/mol. The van der Waals surface area contributed by atoms with Crippen molar-refractivity contribution in [2.75, 3.05) is 0 Å². The molecule has 0 aromatic carbocycles. The molecule has 2 aliphatic rings. The topological polar surface area (TPSA) is 17.1 Å². The van der Waals surface area contributed by atoms with Gasteiger partial charge in [-0.2, -0.15) is 0 Å². The van der Waals surface area contributed by atoms with Crippen molar-refractivity contribution in [3.8, 4) is 0 Å². The third kappa shape index (κ3) is 2.32. The van der Waals surface area contributed by atoms with Crippen LogP contribution in [0.3, 0.4) is 0 Å². The van der Waals surface area contributed by atoms with Crippen LogP contribution in [0, 0.1) is 17.8 Å². The Balaban J connectivity index is 1.77. The molecule has 0 saturated heterocycles. The van der Waals surface area contributed by atoms with Gasteiger partial charge in [0.1, 0.15) is 5.78 Å². The Morgan fingerprint density at radius 2 is 1.85 bits per heavy atom. The largest absolute Gasteiger partial charge is 0.299 e. The molecule has 2 unspecified atom stereocenters. The van der Waals surface area contributed by atoms with Gasteiger partial charge < -0.3 is 0 Å². The Kier molecular flexibility index (Phi) is 2.71. The van der Waals surface area contributed by atoms with Crippen molar-refractivity contribution in [2.45, 2.75) is 51.9 Å². The summed E-state index contributed by atoms with van der Waals surface area (Å²) < 4.78 is 0. The molecule has 0 amide bonds. The van der Waals surface area contributed by atoms with E-state index < -0.39 is 0 Å². The summed E-state index contributed by atoms with van der Waals surface area (Å²) in [6.07, 6.45) is 8.49. The van der Waals surface area contributed by atoms with Crippen LogP contribution in [0.25, 0.3) is 0 Å². The Morgan fingerprint density at radius 1 is 1.15 bits per heavy atom. The summed E-state index contributed by atoms with van der Waals surface area (Å²) in [7, 11) is 0. The molecule has 1 heteroatoms. The van der Waals surface area contributed by atoms with E-state index in [4.69, 9.17) is 0 Å². The Bertz CT molecular complexity index is 193. The first-order valence-corrected chi connectivity index (χ1v) is 5.82. The number of carbonyl (C=O) groups is 1. The van der Waals surface area contributed by atoms with E-state index >= 15 is 0 Å². The highest BCUT2D eigenvalue weighted by Crippen LogP contribution is 2.38. The molecule has 2 aliphatic carbocycles. The molecule has 0 bridgehead atoms. The third-order valence-corrected chi connectivity index (χ3v) is 3.76. The predicted molar refractivity (Wildman–Crippen MR) is 53.5 cm³/mol. The van der Waals surface area contributed by atoms with E-state index in [-0.39, 0.29) is 0 Å². The van der Waals surface area contributed by atoms with Crippen LogP contribution < -0.4 is 0 Å². The molecular weight excluding hydrogens is 160 g/mol. The van der Waals surface area contributed by atoms with E-state index in [2.05, 4.69) is 6.92 Å². The fourth-order valence-electron chi connectivity index (χ4n) is 2.51. The van der Waals surface area contributed by atoms with Crippen LogP contribution >= 0.6 is 0 Å². The molecule has 0 aromatic heterocycles. The van der Waals surface area contributed by atoms with Gasteiger partial charge in [-0.15, -0.1) is 0 Å². The maximum Gasteiger partial charge on any atom is 0.136 e. The second kappa shape index (κ2) is 3.81. The highest BCUT2D eigenvalue weighted by Gasteiger charge is 2.32. The molecule has 0 heterocycles. The molecule has 1 nitrogen and oxygen atoms in total. The molecule has 0 radical (unpaired) electrons. The highest BCUT2D eigenvalue weighted by molar-refractivity contribution is 5.81. The van der Waals surface area contributed by atoms with Crippen molar-refractivity contribution in [2.24, 2.45) is 17.8 Å². The third-order valence-electron chi connectivity index (χ3n) is 3.76. The molecule has 2 atom stereocenters. The van der Waals surface area contributed by atoms with E-state index in [1.54, 1.807) is 0 Å². The van der Waals surface area contributed by atoms with Crippen molar-refractivity contribution < 1.29 is 4.79 Å². The van der Waals surface area contributed by atoms with Crippen LogP contribution in [0.15, 0.2) is 0 Å². The quantitative estimate of drug-likeness (QED) is 0.649. The lowest BCUT2D eigenvalue weighted by molar-refractivity contribution is -0.123. The van der Waals surface area contributed by atoms with Gasteiger partial charge in [0.05, 0.1) is 0 Å². The minimum Gasteiger partial charge on any atom is -0.299 e. The van der Waals surface area contributed by atoms with Crippen molar-refractivity contribution in [3.63, 3.8) is 0 Å². The number of hydrogen-bond acceptors (Lipinski definition) is 1. The van der Waals surface area contributed by atoms with Crippen molar-refractivity contribution in [3.05, 3.63) is 0 Å². The summed E-state index contributed by atoms with van der Waals surface area (Å²) >= 11 is 0. The van der Waals surface area contributed by atoms with Crippen molar-refractivity contribution in [1.29, 1.82) is 0 Å². The van der Waals surface area contributed by atoms with E-state index in [0.29, 0.717) is 11.7 Å². The number of hydrogen-bond donors (Lipinski definition) is 0. The van der Waals surface area contributed by atoms with Gasteiger partial charge in [-0.3, -0.25) is 4.79 Å². The normalized spacial score (nSPS) is 33.6. The van der Waals surface area contributed by atoms with Crippen LogP contribution in [0.2, 0.25) is 0 Å². The second-order valence-electron chi connectivity index (χ2n) is 4.90. The number of Topliss-reactive ketones (excluding diaryl/α,β-unsaturated/α-hetero) is 1. The first kappa shape index (κ1) is 9.23. The maximum atomic E-state index is 11.8. The van der Waals surface area contributed by atoms with Gasteiger partial charge in [0.2, 0.25) is 0 Å². The van der Waals surface area contributed by atoms with Crippen LogP contribution in [0.5, 0.6) is 0 Å². The second-order valence-corrected chi connectivity index (χ2v) is 4.90. The molecule has 13 heavy (non-hydrogen) atoms. The fraction of sp³-hybridized carbons (Fsp3) is 0.917. The predicted octanol–water partition coefficient (Wildman–Crippen LogP) is 3.18. The first-order chi connectivity index (χ1) is 6.29. The Labute approximate surface area is 80.9 Å².